The summed E-state index contributed by atoms with van der Waals surface area (Å²) in [6.45, 7) is 11.1. The van der Waals surface area contributed by atoms with Crippen molar-refractivity contribution in [3.05, 3.63) is 41.5 Å². The lowest BCUT2D eigenvalue weighted by Crippen LogP contribution is -2.17. The van der Waals surface area contributed by atoms with E-state index in [1.54, 1.807) is 0 Å². The predicted molar refractivity (Wildman–Crippen MR) is 139 cm³/mol. The van der Waals surface area contributed by atoms with E-state index in [1.807, 2.05) is 12.2 Å². The van der Waals surface area contributed by atoms with Gasteiger partial charge in [0.25, 0.3) is 0 Å². The van der Waals surface area contributed by atoms with Gasteiger partial charge in [0.15, 0.2) is 0 Å². The van der Waals surface area contributed by atoms with Gasteiger partial charge in [-0.05, 0) is 50.8 Å². The fourth-order valence-electron chi connectivity index (χ4n) is 4.97. The average Bonchev–Trinajstić information content (AvgIpc) is 3.32. The molecular formula is C29H49NO3. The summed E-state index contributed by atoms with van der Waals surface area (Å²) in [5.41, 5.74) is 2.55. The first-order valence-electron chi connectivity index (χ1n) is 13.6. The molecule has 1 aromatic rings. The minimum absolute atomic E-state index is 0.0310. The van der Waals surface area contributed by atoms with E-state index >= 15 is 0 Å². The second-order valence-electron chi connectivity index (χ2n) is 9.70. The van der Waals surface area contributed by atoms with Crippen molar-refractivity contribution in [2.45, 2.75) is 116 Å². The fourth-order valence-corrected chi connectivity index (χ4v) is 4.97. The van der Waals surface area contributed by atoms with Gasteiger partial charge in [0, 0.05) is 23.8 Å². The Bertz CT molecular complexity index is 685. The number of nitrogens with one attached hydrogen (secondary N) is 1. The number of fused-ring (bicyclic) bond motifs is 3. The Morgan fingerprint density at radius 1 is 1.03 bits per heavy atom. The number of aryl methyl sites for hydroxylation is 1. The third kappa shape index (κ3) is 8.42. The van der Waals surface area contributed by atoms with Crippen LogP contribution >= 0.6 is 0 Å². The summed E-state index contributed by atoms with van der Waals surface area (Å²) in [5, 5.41) is 24.0. The molecule has 2 aliphatic rings. The van der Waals surface area contributed by atoms with E-state index in [1.165, 1.54) is 49.9 Å². The van der Waals surface area contributed by atoms with Gasteiger partial charge in [-0.15, -0.1) is 0 Å². The average molecular weight is 460 g/mol. The quantitative estimate of drug-likeness (QED) is 0.245. The highest BCUT2D eigenvalue weighted by atomic mass is 16.5. The molecule has 0 saturated heterocycles. The van der Waals surface area contributed by atoms with E-state index in [4.69, 9.17) is 4.74 Å². The van der Waals surface area contributed by atoms with Crippen molar-refractivity contribution < 1.29 is 14.9 Å². The first-order chi connectivity index (χ1) is 16.1. The third-order valence-electron chi connectivity index (χ3n) is 6.80. The highest BCUT2D eigenvalue weighted by Gasteiger charge is 2.48. The molecule has 1 fully saturated rings. The van der Waals surface area contributed by atoms with Crippen LogP contribution < -0.4 is 10.1 Å². The van der Waals surface area contributed by atoms with Crippen molar-refractivity contribution in [1.29, 1.82) is 0 Å². The number of ether oxygens (including phenoxy) is 1. The van der Waals surface area contributed by atoms with Gasteiger partial charge >= 0.3 is 0 Å². The summed E-state index contributed by atoms with van der Waals surface area (Å²) in [5.74, 6) is 1.30. The van der Waals surface area contributed by atoms with E-state index < -0.39 is 12.2 Å². The maximum absolute atomic E-state index is 10.5. The molecule has 1 saturated carbocycles. The van der Waals surface area contributed by atoms with Crippen molar-refractivity contribution in [3.8, 4) is 5.75 Å². The molecule has 188 valence electrons. The Morgan fingerprint density at radius 3 is 2.42 bits per heavy atom. The van der Waals surface area contributed by atoms with Gasteiger partial charge in [0.05, 0.1) is 12.2 Å². The molecule has 0 aromatic heterocycles. The van der Waals surface area contributed by atoms with Crippen LogP contribution in [0.3, 0.4) is 0 Å². The molecule has 1 heterocycles. The van der Waals surface area contributed by atoms with Crippen molar-refractivity contribution in [3.63, 3.8) is 0 Å². The van der Waals surface area contributed by atoms with Crippen LogP contribution in [0.25, 0.3) is 0 Å². The van der Waals surface area contributed by atoms with Crippen molar-refractivity contribution in [2.24, 2.45) is 5.92 Å². The summed E-state index contributed by atoms with van der Waals surface area (Å²) in [4.78, 5) is 0. The lowest BCUT2D eigenvalue weighted by Gasteiger charge is -2.18. The Balaban J connectivity index is 0.000000479. The van der Waals surface area contributed by atoms with Crippen molar-refractivity contribution >= 4 is 0 Å². The SMILES string of the molecule is CCCCC[C@H](O)C=C[C@@H]1[C@H]2c3cccc(CCCC)c3O[C@H]2C[C@H]1O.CCCNCCC. The van der Waals surface area contributed by atoms with Crippen LogP contribution in [-0.2, 0) is 6.42 Å². The van der Waals surface area contributed by atoms with Crippen molar-refractivity contribution in [2.75, 3.05) is 13.1 Å². The molecule has 0 unspecified atom stereocenters. The van der Waals surface area contributed by atoms with E-state index in [9.17, 15) is 10.2 Å². The lowest BCUT2D eigenvalue weighted by molar-refractivity contribution is 0.135. The van der Waals surface area contributed by atoms with E-state index in [-0.39, 0.29) is 17.9 Å². The van der Waals surface area contributed by atoms with E-state index in [0.29, 0.717) is 6.42 Å². The Hall–Kier alpha value is -1.36. The fraction of sp³-hybridized carbons (Fsp3) is 0.724. The number of hydrogen-bond donors (Lipinski definition) is 3. The third-order valence-corrected chi connectivity index (χ3v) is 6.80. The monoisotopic (exact) mass is 459 g/mol. The number of rotatable bonds is 13. The van der Waals surface area contributed by atoms with E-state index in [0.717, 1.165) is 37.9 Å². The van der Waals surface area contributed by atoms with Crippen LogP contribution in [-0.4, -0.2) is 41.6 Å². The molecule has 0 radical (unpaired) electrons. The van der Waals surface area contributed by atoms with E-state index in [2.05, 4.69) is 51.2 Å². The molecule has 0 spiro atoms. The topological polar surface area (TPSA) is 61.7 Å². The van der Waals surface area contributed by atoms with Gasteiger partial charge in [-0.25, -0.2) is 0 Å². The second kappa shape index (κ2) is 15.5. The van der Waals surface area contributed by atoms with Crippen molar-refractivity contribution in [1.82, 2.24) is 5.32 Å². The number of unbranched alkanes of at least 4 members (excludes halogenated alkanes) is 3. The summed E-state index contributed by atoms with van der Waals surface area (Å²) in [6, 6.07) is 6.46. The molecule has 1 aliphatic carbocycles. The molecule has 3 rings (SSSR count). The van der Waals surface area contributed by atoms with Gasteiger partial charge in [-0.2, -0.15) is 0 Å². The minimum Gasteiger partial charge on any atom is -0.489 e. The molecule has 0 amide bonds. The first kappa shape index (κ1) is 27.9. The summed E-state index contributed by atoms with van der Waals surface area (Å²) in [7, 11) is 0. The van der Waals surface area contributed by atoms with Gasteiger partial charge in [0.2, 0.25) is 0 Å². The van der Waals surface area contributed by atoms with Gasteiger partial charge in [0.1, 0.15) is 11.9 Å². The Kier molecular flexibility index (Phi) is 13.1. The lowest BCUT2D eigenvalue weighted by atomic mass is 9.86. The molecule has 33 heavy (non-hydrogen) atoms. The maximum atomic E-state index is 10.5. The van der Waals surface area contributed by atoms with Gasteiger partial charge in [-0.1, -0.05) is 83.7 Å². The molecule has 1 aromatic carbocycles. The number of aliphatic hydroxyl groups is 2. The smallest absolute Gasteiger partial charge is 0.126 e. The Morgan fingerprint density at radius 2 is 1.76 bits per heavy atom. The summed E-state index contributed by atoms with van der Waals surface area (Å²) >= 11 is 0. The molecular weight excluding hydrogens is 410 g/mol. The first-order valence-corrected chi connectivity index (χ1v) is 13.6. The summed E-state index contributed by atoms with van der Waals surface area (Å²) in [6.07, 6.45) is 13.9. The van der Waals surface area contributed by atoms with Gasteiger partial charge in [-0.3, -0.25) is 0 Å². The number of benzene rings is 1. The largest absolute Gasteiger partial charge is 0.489 e. The highest BCUT2D eigenvalue weighted by molar-refractivity contribution is 5.49. The number of hydrogen-bond acceptors (Lipinski definition) is 4. The van der Waals surface area contributed by atoms with Crippen LogP contribution in [0.4, 0.5) is 0 Å². The summed E-state index contributed by atoms with van der Waals surface area (Å²) < 4.78 is 6.29. The zero-order chi connectivity index (χ0) is 24.1. The molecule has 0 bridgehead atoms. The second-order valence-corrected chi connectivity index (χ2v) is 9.70. The maximum Gasteiger partial charge on any atom is 0.126 e. The van der Waals surface area contributed by atoms with Crippen LogP contribution in [0.2, 0.25) is 0 Å². The number of aliphatic hydroxyl groups excluding tert-OH is 2. The Labute approximate surface area is 202 Å². The molecule has 5 atom stereocenters. The molecule has 4 nitrogen and oxygen atoms in total. The van der Waals surface area contributed by atoms with Gasteiger partial charge < -0.3 is 20.3 Å². The minimum atomic E-state index is -0.412. The molecule has 4 heteroatoms. The predicted octanol–water partition coefficient (Wildman–Crippen LogP) is 6.15. The molecule has 3 N–H and O–H groups in total. The highest BCUT2D eigenvalue weighted by Crippen LogP contribution is 2.52. The van der Waals surface area contributed by atoms with Crippen LogP contribution in [0.15, 0.2) is 30.4 Å². The zero-order valence-corrected chi connectivity index (χ0v) is 21.6. The number of para-hydroxylation sites is 1. The van der Waals surface area contributed by atoms with Crippen LogP contribution in [0.5, 0.6) is 5.75 Å². The standard InChI is InChI=1S/C23H34O3.C6H15N/c1-3-5-7-11-17(24)13-14-18-20(25)15-21-22(18)19-12-8-10-16(9-6-4-2)23(19)26-21;1-3-5-7-6-4-2/h8,10,12-14,17-18,20-22,24-25H,3-7,9,11,15H2,1-2H3;7H,3-6H2,1-2H3/t17-,18-,20+,21-,22-;/m0./s1. The zero-order valence-electron chi connectivity index (χ0n) is 21.6. The van der Waals surface area contributed by atoms with Crippen LogP contribution in [0.1, 0.15) is 103 Å². The molecule has 1 aliphatic heterocycles. The van der Waals surface area contributed by atoms with Crippen LogP contribution in [0, 0.1) is 5.92 Å². The normalized spacial score (nSPS) is 24.2.